The van der Waals surface area contributed by atoms with E-state index in [0.717, 1.165) is 11.7 Å². The Hall–Kier alpha value is -1.02. The van der Waals surface area contributed by atoms with Crippen LogP contribution in [-0.2, 0) is 0 Å². The highest BCUT2D eigenvalue weighted by Crippen LogP contribution is 2.30. The zero-order chi connectivity index (χ0) is 15.2. The molecule has 118 valence electrons. The predicted octanol–water partition coefficient (Wildman–Crippen LogP) is 5.09. The van der Waals surface area contributed by atoms with Gasteiger partial charge in [-0.3, -0.25) is 0 Å². The van der Waals surface area contributed by atoms with Crippen LogP contribution in [0.25, 0.3) is 0 Å². The molecule has 0 aromatic heterocycles. The molecule has 0 aliphatic heterocycles. The van der Waals surface area contributed by atoms with Crippen LogP contribution in [0.15, 0.2) is 24.3 Å². The van der Waals surface area contributed by atoms with E-state index < -0.39 is 0 Å². The highest BCUT2D eigenvalue weighted by Gasteiger charge is 2.22. The van der Waals surface area contributed by atoms with Crippen LogP contribution in [0.3, 0.4) is 0 Å². The van der Waals surface area contributed by atoms with Crippen molar-refractivity contribution in [2.75, 3.05) is 0 Å². The second-order valence-electron chi connectivity index (χ2n) is 6.72. The molecule has 0 radical (unpaired) electrons. The fraction of sp³-hybridized carbons (Fsp3) is 0.684. The summed E-state index contributed by atoms with van der Waals surface area (Å²) >= 11 is 0. The number of nitrogens with one attached hydrogen (secondary N) is 1. The fourth-order valence-electron chi connectivity index (χ4n) is 3.38. The molecule has 1 aliphatic rings. The Morgan fingerprint density at radius 3 is 2.38 bits per heavy atom. The number of hydrogen-bond donors (Lipinski definition) is 1. The molecule has 0 heterocycles. The van der Waals surface area contributed by atoms with E-state index in [9.17, 15) is 0 Å². The molecular weight excluding hydrogens is 258 g/mol. The van der Waals surface area contributed by atoms with Gasteiger partial charge >= 0.3 is 0 Å². The molecule has 2 nitrogen and oxygen atoms in total. The summed E-state index contributed by atoms with van der Waals surface area (Å²) in [6, 6.07) is 9.45. The normalized spacial score (nSPS) is 24.0. The van der Waals surface area contributed by atoms with Gasteiger partial charge in [0.1, 0.15) is 5.75 Å². The summed E-state index contributed by atoms with van der Waals surface area (Å²) in [5, 5.41) is 3.81. The SMILES string of the molecule is CCC1CCC(NC(C)c2ccccc2OC(C)C)CC1. The van der Waals surface area contributed by atoms with E-state index >= 15 is 0 Å². The Morgan fingerprint density at radius 2 is 1.76 bits per heavy atom. The molecule has 2 heteroatoms. The van der Waals surface area contributed by atoms with Crippen LogP contribution in [0.5, 0.6) is 5.75 Å². The summed E-state index contributed by atoms with van der Waals surface area (Å²) in [7, 11) is 0. The first kappa shape index (κ1) is 16.4. The van der Waals surface area contributed by atoms with Crippen LogP contribution in [0.4, 0.5) is 0 Å². The lowest BCUT2D eigenvalue weighted by molar-refractivity contribution is 0.234. The lowest BCUT2D eigenvalue weighted by Gasteiger charge is -2.31. The minimum Gasteiger partial charge on any atom is -0.491 e. The van der Waals surface area contributed by atoms with E-state index in [1.807, 2.05) is 0 Å². The molecule has 1 saturated carbocycles. The van der Waals surface area contributed by atoms with Crippen molar-refractivity contribution in [3.05, 3.63) is 29.8 Å². The van der Waals surface area contributed by atoms with Gasteiger partial charge in [-0.15, -0.1) is 0 Å². The van der Waals surface area contributed by atoms with Crippen LogP contribution in [0.2, 0.25) is 0 Å². The van der Waals surface area contributed by atoms with E-state index in [-0.39, 0.29) is 6.10 Å². The maximum Gasteiger partial charge on any atom is 0.124 e. The second kappa shape index (κ2) is 7.84. The monoisotopic (exact) mass is 289 g/mol. The quantitative estimate of drug-likeness (QED) is 0.787. The van der Waals surface area contributed by atoms with Gasteiger partial charge in [0.25, 0.3) is 0 Å². The topological polar surface area (TPSA) is 21.3 Å². The summed E-state index contributed by atoms with van der Waals surface area (Å²) < 4.78 is 5.95. The minimum atomic E-state index is 0.221. The standard InChI is InChI=1S/C19H31NO/c1-5-16-10-12-17(13-11-16)20-15(4)18-8-6-7-9-19(18)21-14(2)3/h6-9,14-17,20H,5,10-13H2,1-4H3. The van der Waals surface area contributed by atoms with Crippen LogP contribution in [0, 0.1) is 5.92 Å². The van der Waals surface area contributed by atoms with Crippen LogP contribution < -0.4 is 10.1 Å². The van der Waals surface area contributed by atoms with Gasteiger partial charge in [0.15, 0.2) is 0 Å². The highest BCUT2D eigenvalue weighted by atomic mass is 16.5. The number of ether oxygens (including phenoxy) is 1. The summed E-state index contributed by atoms with van der Waals surface area (Å²) in [5.41, 5.74) is 1.28. The van der Waals surface area contributed by atoms with Gasteiger partial charge in [0.2, 0.25) is 0 Å². The third kappa shape index (κ3) is 4.74. The number of rotatable bonds is 6. The molecule has 0 bridgehead atoms. The Morgan fingerprint density at radius 1 is 1.10 bits per heavy atom. The van der Waals surface area contributed by atoms with Crippen LogP contribution in [-0.4, -0.2) is 12.1 Å². The highest BCUT2D eigenvalue weighted by molar-refractivity contribution is 5.35. The van der Waals surface area contributed by atoms with Crippen molar-refractivity contribution in [2.24, 2.45) is 5.92 Å². The number of benzene rings is 1. The van der Waals surface area contributed by atoms with Crippen molar-refractivity contribution >= 4 is 0 Å². The molecule has 0 amide bonds. The molecular formula is C19H31NO. The second-order valence-corrected chi connectivity index (χ2v) is 6.72. The van der Waals surface area contributed by atoms with Gasteiger partial charge in [-0.05, 0) is 58.4 Å². The lowest BCUT2D eigenvalue weighted by Crippen LogP contribution is -2.35. The zero-order valence-electron chi connectivity index (χ0n) is 14.1. The van der Waals surface area contributed by atoms with E-state index in [2.05, 4.69) is 57.3 Å². The molecule has 0 saturated heterocycles. The van der Waals surface area contributed by atoms with E-state index in [4.69, 9.17) is 4.74 Å². The van der Waals surface area contributed by atoms with Gasteiger partial charge in [-0.1, -0.05) is 31.5 Å². The van der Waals surface area contributed by atoms with Gasteiger partial charge in [-0.2, -0.15) is 0 Å². The van der Waals surface area contributed by atoms with E-state index in [0.29, 0.717) is 12.1 Å². The third-order valence-electron chi connectivity index (χ3n) is 4.66. The maximum atomic E-state index is 5.95. The fourth-order valence-corrected chi connectivity index (χ4v) is 3.38. The molecule has 1 aromatic carbocycles. The van der Waals surface area contributed by atoms with E-state index in [1.54, 1.807) is 0 Å². The average molecular weight is 289 g/mol. The van der Waals surface area contributed by atoms with E-state index in [1.165, 1.54) is 37.7 Å². The molecule has 1 atom stereocenters. The molecule has 2 rings (SSSR count). The van der Waals surface area contributed by atoms with Gasteiger partial charge in [-0.25, -0.2) is 0 Å². The molecule has 1 unspecified atom stereocenters. The van der Waals surface area contributed by atoms with Crippen molar-refractivity contribution in [1.29, 1.82) is 0 Å². The first-order chi connectivity index (χ1) is 10.1. The molecule has 1 aliphatic carbocycles. The van der Waals surface area contributed by atoms with Gasteiger partial charge in [0, 0.05) is 17.6 Å². The molecule has 0 spiro atoms. The lowest BCUT2D eigenvalue weighted by atomic mass is 9.84. The van der Waals surface area contributed by atoms with Crippen LogP contribution >= 0.6 is 0 Å². The maximum absolute atomic E-state index is 5.95. The largest absolute Gasteiger partial charge is 0.491 e. The molecule has 1 N–H and O–H groups in total. The number of para-hydroxylation sites is 1. The summed E-state index contributed by atoms with van der Waals surface area (Å²) in [6.45, 7) is 8.75. The summed E-state index contributed by atoms with van der Waals surface area (Å²) in [4.78, 5) is 0. The first-order valence-electron chi connectivity index (χ1n) is 8.61. The van der Waals surface area contributed by atoms with Crippen molar-refractivity contribution in [1.82, 2.24) is 5.32 Å². The number of hydrogen-bond acceptors (Lipinski definition) is 2. The first-order valence-corrected chi connectivity index (χ1v) is 8.61. The smallest absolute Gasteiger partial charge is 0.124 e. The van der Waals surface area contributed by atoms with Crippen molar-refractivity contribution in [2.45, 2.75) is 78.0 Å². The molecule has 21 heavy (non-hydrogen) atoms. The average Bonchev–Trinajstić information content (AvgIpc) is 2.48. The summed E-state index contributed by atoms with van der Waals surface area (Å²) in [5.74, 6) is 1.98. The Bertz CT molecular complexity index is 421. The predicted molar refractivity (Wildman–Crippen MR) is 89.8 cm³/mol. The Kier molecular flexibility index (Phi) is 6.10. The van der Waals surface area contributed by atoms with Crippen LogP contribution in [0.1, 0.15) is 71.4 Å². The zero-order valence-corrected chi connectivity index (χ0v) is 14.1. The minimum absolute atomic E-state index is 0.221. The third-order valence-corrected chi connectivity index (χ3v) is 4.66. The molecule has 1 fully saturated rings. The van der Waals surface area contributed by atoms with Gasteiger partial charge < -0.3 is 10.1 Å². The molecule has 1 aromatic rings. The van der Waals surface area contributed by atoms with Crippen molar-refractivity contribution in [3.63, 3.8) is 0 Å². The van der Waals surface area contributed by atoms with Crippen molar-refractivity contribution in [3.8, 4) is 5.75 Å². The Labute approximate surface area is 130 Å². The van der Waals surface area contributed by atoms with Crippen molar-refractivity contribution < 1.29 is 4.74 Å². The Balaban J connectivity index is 1.95. The van der Waals surface area contributed by atoms with Gasteiger partial charge in [0.05, 0.1) is 6.10 Å². The summed E-state index contributed by atoms with van der Waals surface area (Å²) in [6.07, 6.45) is 6.95.